The monoisotopic (exact) mass is 243 g/mol. The van der Waals surface area contributed by atoms with Crippen LogP contribution in [0.25, 0.3) is 0 Å². The Bertz CT molecular complexity index is 523. The Morgan fingerprint density at radius 3 is 2.69 bits per heavy atom. The number of hydrogen-bond acceptors (Lipinski definition) is 6. The second-order valence-corrected chi connectivity index (χ2v) is 5.43. The first-order valence-electron chi connectivity index (χ1n) is 4.67. The molecule has 7 heteroatoms. The van der Waals surface area contributed by atoms with Gasteiger partial charge in [0.15, 0.2) is 14.9 Å². The number of rotatable bonds is 3. The number of oxime groups is 1. The quantitative estimate of drug-likeness (QED) is 0.481. The number of aromatic nitrogens is 2. The molecule has 1 aromatic heterocycles. The summed E-state index contributed by atoms with van der Waals surface area (Å²) in [6.45, 7) is 4.63. The third-order valence-corrected chi connectivity index (χ3v) is 3.84. The van der Waals surface area contributed by atoms with Gasteiger partial charge in [0.1, 0.15) is 11.4 Å². The van der Waals surface area contributed by atoms with Gasteiger partial charge in [-0.3, -0.25) is 4.98 Å². The molecule has 0 bridgehead atoms. The van der Waals surface area contributed by atoms with Crippen LogP contribution in [0.1, 0.15) is 25.2 Å². The van der Waals surface area contributed by atoms with Crippen LogP contribution in [0.2, 0.25) is 0 Å². The zero-order valence-corrected chi connectivity index (χ0v) is 10.1. The molecule has 16 heavy (non-hydrogen) atoms. The van der Waals surface area contributed by atoms with Gasteiger partial charge in [-0.05, 0) is 13.8 Å². The Morgan fingerprint density at radius 1 is 1.56 bits per heavy atom. The van der Waals surface area contributed by atoms with Crippen LogP contribution in [0.5, 0.6) is 0 Å². The molecule has 1 N–H and O–H groups in total. The Labute approximate surface area is 94.0 Å². The topological polar surface area (TPSA) is 92.5 Å². The molecule has 0 saturated heterocycles. The minimum atomic E-state index is -3.40. The summed E-state index contributed by atoms with van der Waals surface area (Å²) in [4.78, 5) is 7.87. The summed E-state index contributed by atoms with van der Waals surface area (Å²) in [5, 5.41) is 11.5. The van der Waals surface area contributed by atoms with Crippen molar-refractivity contribution < 1.29 is 13.6 Å². The first-order valence-corrected chi connectivity index (χ1v) is 6.33. The summed E-state index contributed by atoms with van der Waals surface area (Å²) in [5.41, 5.74) is 0.816. The highest BCUT2D eigenvalue weighted by Crippen LogP contribution is 2.12. The van der Waals surface area contributed by atoms with Gasteiger partial charge in [0.25, 0.3) is 0 Å². The molecule has 0 saturated carbocycles. The van der Waals surface area contributed by atoms with Crippen molar-refractivity contribution in [1.82, 2.24) is 9.97 Å². The normalized spacial score (nSPS) is 12.8. The third kappa shape index (κ3) is 2.35. The fourth-order valence-electron chi connectivity index (χ4n) is 1.09. The van der Waals surface area contributed by atoms with Crippen molar-refractivity contribution in [3.8, 4) is 0 Å². The molecule has 0 radical (unpaired) electrons. The summed E-state index contributed by atoms with van der Waals surface area (Å²) in [6, 6.07) is 0. The Kier molecular flexibility index (Phi) is 3.58. The predicted molar refractivity (Wildman–Crippen MR) is 58.5 cm³/mol. The molecule has 88 valence electrons. The lowest BCUT2D eigenvalue weighted by Gasteiger charge is -2.05. The summed E-state index contributed by atoms with van der Waals surface area (Å²) in [6.07, 6.45) is 1.37. The second-order valence-electron chi connectivity index (χ2n) is 3.23. The van der Waals surface area contributed by atoms with Crippen molar-refractivity contribution in [3.63, 3.8) is 0 Å². The first-order chi connectivity index (χ1) is 7.42. The fourth-order valence-corrected chi connectivity index (χ4v) is 2.10. The van der Waals surface area contributed by atoms with E-state index >= 15 is 0 Å². The number of aryl methyl sites for hydroxylation is 1. The van der Waals surface area contributed by atoms with Crippen molar-refractivity contribution in [3.05, 3.63) is 17.6 Å². The van der Waals surface area contributed by atoms with Crippen LogP contribution in [0.4, 0.5) is 0 Å². The molecule has 0 aliphatic heterocycles. The van der Waals surface area contributed by atoms with Gasteiger partial charge >= 0.3 is 0 Å². The SMILES string of the molecule is CCS(=O)(=O)c1nc(/C(C)=N/O)cnc1C. The van der Waals surface area contributed by atoms with Gasteiger partial charge in [0.2, 0.25) is 0 Å². The van der Waals surface area contributed by atoms with Crippen LogP contribution in [0.15, 0.2) is 16.4 Å². The lowest BCUT2D eigenvalue weighted by atomic mass is 10.3. The van der Waals surface area contributed by atoms with Gasteiger partial charge < -0.3 is 5.21 Å². The lowest BCUT2D eigenvalue weighted by molar-refractivity contribution is 0.319. The van der Waals surface area contributed by atoms with Crippen LogP contribution in [0, 0.1) is 6.92 Å². The van der Waals surface area contributed by atoms with Gasteiger partial charge in [0, 0.05) is 0 Å². The van der Waals surface area contributed by atoms with E-state index in [0.29, 0.717) is 5.69 Å². The molecule has 6 nitrogen and oxygen atoms in total. The van der Waals surface area contributed by atoms with Crippen molar-refractivity contribution in [1.29, 1.82) is 0 Å². The van der Waals surface area contributed by atoms with E-state index in [1.54, 1.807) is 6.92 Å². The van der Waals surface area contributed by atoms with E-state index in [0.717, 1.165) is 0 Å². The lowest BCUT2D eigenvalue weighted by Crippen LogP contribution is -2.13. The largest absolute Gasteiger partial charge is 0.411 e. The smallest absolute Gasteiger partial charge is 0.197 e. The van der Waals surface area contributed by atoms with E-state index in [9.17, 15) is 8.42 Å². The van der Waals surface area contributed by atoms with E-state index in [1.165, 1.54) is 20.0 Å². The van der Waals surface area contributed by atoms with Crippen molar-refractivity contribution in [2.24, 2.45) is 5.16 Å². The first kappa shape index (κ1) is 12.6. The highest BCUT2D eigenvalue weighted by molar-refractivity contribution is 7.91. The van der Waals surface area contributed by atoms with E-state index in [-0.39, 0.29) is 22.2 Å². The minimum absolute atomic E-state index is 0.0404. The van der Waals surface area contributed by atoms with Gasteiger partial charge in [-0.2, -0.15) is 0 Å². The van der Waals surface area contributed by atoms with E-state index < -0.39 is 9.84 Å². The number of hydrogen-bond donors (Lipinski definition) is 1. The van der Waals surface area contributed by atoms with Crippen molar-refractivity contribution >= 4 is 15.5 Å². The second kappa shape index (κ2) is 4.56. The molecular formula is C9H13N3O3S. The minimum Gasteiger partial charge on any atom is -0.411 e. The third-order valence-electron chi connectivity index (χ3n) is 2.11. The molecule has 1 heterocycles. The molecule has 0 spiro atoms. The standard InChI is InChI=1S/C9H13N3O3S/c1-4-16(14,15)9-7(3)10-5-8(11-9)6(2)12-13/h5,13H,4H2,1-3H3/b12-6+. The van der Waals surface area contributed by atoms with Gasteiger partial charge in [-0.15, -0.1) is 0 Å². The maximum Gasteiger partial charge on any atom is 0.197 e. The number of sulfone groups is 1. The van der Waals surface area contributed by atoms with Crippen molar-refractivity contribution in [2.45, 2.75) is 25.8 Å². The van der Waals surface area contributed by atoms with Gasteiger partial charge in [-0.1, -0.05) is 12.1 Å². The fraction of sp³-hybridized carbons (Fsp3) is 0.444. The van der Waals surface area contributed by atoms with Crippen LogP contribution in [-0.4, -0.2) is 35.1 Å². The van der Waals surface area contributed by atoms with Crippen molar-refractivity contribution in [2.75, 3.05) is 5.75 Å². The number of nitrogens with zero attached hydrogens (tertiary/aromatic N) is 3. The van der Waals surface area contributed by atoms with E-state index in [2.05, 4.69) is 15.1 Å². The molecule has 0 aliphatic rings. The molecule has 0 unspecified atom stereocenters. The Hall–Kier alpha value is -1.50. The molecule has 1 rings (SSSR count). The summed E-state index contributed by atoms with van der Waals surface area (Å²) < 4.78 is 23.4. The zero-order chi connectivity index (χ0) is 12.3. The Balaban J connectivity index is 3.42. The Morgan fingerprint density at radius 2 is 2.19 bits per heavy atom. The van der Waals surface area contributed by atoms with Crippen LogP contribution < -0.4 is 0 Å². The highest BCUT2D eigenvalue weighted by Gasteiger charge is 2.18. The van der Waals surface area contributed by atoms with E-state index in [1.807, 2.05) is 0 Å². The predicted octanol–water partition coefficient (Wildman–Crippen LogP) is 0.777. The zero-order valence-electron chi connectivity index (χ0n) is 9.30. The average Bonchev–Trinajstić information content (AvgIpc) is 2.28. The molecule has 0 fully saturated rings. The van der Waals surface area contributed by atoms with Crippen LogP contribution >= 0.6 is 0 Å². The molecule has 0 atom stereocenters. The summed E-state index contributed by atoms with van der Waals surface area (Å²) in [5.74, 6) is -0.0404. The summed E-state index contributed by atoms with van der Waals surface area (Å²) >= 11 is 0. The summed E-state index contributed by atoms with van der Waals surface area (Å²) in [7, 11) is -3.40. The molecule has 0 aliphatic carbocycles. The maximum atomic E-state index is 11.7. The average molecular weight is 243 g/mol. The maximum absolute atomic E-state index is 11.7. The molecule has 0 aromatic carbocycles. The highest BCUT2D eigenvalue weighted by atomic mass is 32.2. The molecule has 1 aromatic rings. The van der Waals surface area contributed by atoms with E-state index in [4.69, 9.17) is 5.21 Å². The molecular weight excluding hydrogens is 230 g/mol. The molecule has 0 amide bonds. The van der Waals surface area contributed by atoms with Gasteiger partial charge in [-0.25, -0.2) is 13.4 Å². The van der Waals surface area contributed by atoms with Crippen LogP contribution in [-0.2, 0) is 9.84 Å². The van der Waals surface area contributed by atoms with Crippen LogP contribution in [0.3, 0.4) is 0 Å². The van der Waals surface area contributed by atoms with Gasteiger partial charge in [0.05, 0.1) is 17.6 Å².